The molecule has 2 aromatic carbocycles. The van der Waals surface area contributed by atoms with Gasteiger partial charge in [-0.05, 0) is 58.5 Å². The number of hydrogen-bond acceptors (Lipinski definition) is 1. The van der Waals surface area contributed by atoms with Gasteiger partial charge in [0, 0.05) is 9.50 Å². The molecule has 2 nitrogen and oxygen atoms in total. The molecule has 0 atom stereocenters. The van der Waals surface area contributed by atoms with Crippen molar-refractivity contribution < 1.29 is 8.78 Å². The Bertz CT molecular complexity index is 888. The van der Waals surface area contributed by atoms with Gasteiger partial charge in [0.1, 0.15) is 5.52 Å². The molecule has 7 heteroatoms. The summed E-state index contributed by atoms with van der Waals surface area (Å²) in [7, 11) is 0. The first-order valence-corrected chi connectivity index (χ1v) is 7.11. The van der Waals surface area contributed by atoms with Crippen molar-refractivity contribution in [1.29, 1.82) is 0 Å². The molecule has 102 valence electrons. The molecular formula is C13H6BrClF2N2S. The van der Waals surface area contributed by atoms with Crippen molar-refractivity contribution in [1.82, 2.24) is 9.55 Å². The van der Waals surface area contributed by atoms with Crippen LogP contribution < -0.4 is 0 Å². The Kier molecular flexibility index (Phi) is 3.40. The average molecular weight is 376 g/mol. The van der Waals surface area contributed by atoms with Crippen molar-refractivity contribution in [3.63, 3.8) is 0 Å². The Morgan fingerprint density at radius 1 is 1.20 bits per heavy atom. The standard InChI is InChI=1S/C13H6BrClF2N2S/c14-7-2-1-6(15)5-10(7)19-12-9(18-13(19)20)4-3-8(16)11(12)17/h1-5H,(H,18,20). The quantitative estimate of drug-likeness (QED) is 0.566. The van der Waals surface area contributed by atoms with E-state index in [0.717, 1.165) is 6.07 Å². The number of nitrogens with one attached hydrogen (secondary N) is 1. The van der Waals surface area contributed by atoms with Crippen molar-refractivity contribution in [3.8, 4) is 5.69 Å². The normalized spacial score (nSPS) is 11.2. The summed E-state index contributed by atoms with van der Waals surface area (Å²) in [5.41, 5.74) is 1.01. The van der Waals surface area contributed by atoms with E-state index in [-0.39, 0.29) is 10.3 Å². The van der Waals surface area contributed by atoms with Gasteiger partial charge in [-0.15, -0.1) is 0 Å². The minimum absolute atomic E-state index is 0.0537. The van der Waals surface area contributed by atoms with Gasteiger partial charge in [0.15, 0.2) is 16.4 Å². The third-order valence-corrected chi connectivity index (χ3v) is 4.08. The van der Waals surface area contributed by atoms with E-state index in [2.05, 4.69) is 20.9 Å². The van der Waals surface area contributed by atoms with Crippen LogP contribution in [0.15, 0.2) is 34.8 Å². The predicted molar refractivity (Wildman–Crippen MR) is 81.1 cm³/mol. The molecule has 0 aliphatic heterocycles. The zero-order valence-corrected chi connectivity index (χ0v) is 12.9. The first-order chi connectivity index (χ1) is 9.49. The van der Waals surface area contributed by atoms with Gasteiger partial charge in [-0.2, -0.15) is 0 Å². The van der Waals surface area contributed by atoms with Crippen LogP contribution in [-0.2, 0) is 0 Å². The summed E-state index contributed by atoms with van der Waals surface area (Å²) in [5, 5.41) is 0.469. The van der Waals surface area contributed by atoms with Gasteiger partial charge in [0.2, 0.25) is 0 Å². The molecule has 20 heavy (non-hydrogen) atoms. The zero-order chi connectivity index (χ0) is 14.4. The highest BCUT2D eigenvalue weighted by Crippen LogP contribution is 2.30. The second kappa shape index (κ2) is 4.95. The molecule has 0 aliphatic rings. The Morgan fingerprint density at radius 3 is 2.70 bits per heavy atom. The lowest BCUT2D eigenvalue weighted by molar-refractivity contribution is 0.514. The fourth-order valence-corrected chi connectivity index (χ4v) is 2.91. The van der Waals surface area contributed by atoms with Crippen molar-refractivity contribution >= 4 is 50.8 Å². The molecule has 1 heterocycles. The number of fused-ring (bicyclic) bond motifs is 1. The highest BCUT2D eigenvalue weighted by atomic mass is 79.9. The molecule has 3 rings (SSSR count). The zero-order valence-electron chi connectivity index (χ0n) is 9.75. The highest BCUT2D eigenvalue weighted by Gasteiger charge is 2.16. The number of hydrogen-bond donors (Lipinski definition) is 1. The number of aromatic amines is 1. The van der Waals surface area contributed by atoms with Gasteiger partial charge in [-0.1, -0.05) is 11.6 Å². The fraction of sp³-hybridized carbons (Fsp3) is 0. The molecule has 0 bridgehead atoms. The maximum Gasteiger partial charge on any atom is 0.184 e. The molecule has 0 amide bonds. The smallest absolute Gasteiger partial charge is 0.184 e. The first kappa shape index (κ1) is 13.7. The molecule has 1 aromatic heterocycles. The number of imidazole rings is 1. The largest absolute Gasteiger partial charge is 0.330 e. The van der Waals surface area contributed by atoms with E-state index in [0.29, 0.717) is 20.7 Å². The Morgan fingerprint density at radius 2 is 1.95 bits per heavy atom. The van der Waals surface area contributed by atoms with Crippen LogP contribution in [0.3, 0.4) is 0 Å². The van der Waals surface area contributed by atoms with Crippen LogP contribution in [-0.4, -0.2) is 9.55 Å². The maximum atomic E-state index is 14.1. The van der Waals surface area contributed by atoms with E-state index in [1.807, 2.05) is 0 Å². The lowest BCUT2D eigenvalue weighted by atomic mass is 10.2. The monoisotopic (exact) mass is 374 g/mol. The molecule has 0 spiro atoms. The number of aromatic nitrogens is 2. The van der Waals surface area contributed by atoms with Crippen LogP contribution in [0.2, 0.25) is 5.02 Å². The molecule has 0 radical (unpaired) electrons. The van der Waals surface area contributed by atoms with Crippen molar-refractivity contribution in [2.24, 2.45) is 0 Å². The summed E-state index contributed by atoms with van der Waals surface area (Å²) in [6, 6.07) is 7.53. The summed E-state index contributed by atoms with van der Waals surface area (Å²) in [5.74, 6) is -1.89. The van der Waals surface area contributed by atoms with Crippen LogP contribution in [0.5, 0.6) is 0 Å². The van der Waals surface area contributed by atoms with Gasteiger partial charge in [0.05, 0.1) is 11.2 Å². The minimum atomic E-state index is -0.957. The molecule has 0 saturated carbocycles. The van der Waals surface area contributed by atoms with Gasteiger partial charge in [-0.3, -0.25) is 4.57 Å². The second-order valence-corrected chi connectivity index (χ2v) is 5.80. The van der Waals surface area contributed by atoms with Gasteiger partial charge in [-0.25, -0.2) is 8.78 Å². The third-order valence-electron chi connectivity index (χ3n) is 2.89. The fourth-order valence-electron chi connectivity index (χ4n) is 2.02. The van der Waals surface area contributed by atoms with Crippen LogP contribution in [0.4, 0.5) is 8.78 Å². The SMILES string of the molecule is Fc1ccc2[nH]c(=S)n(-c3cc(Cl)ccc3Br)c2c1F. The topological polar surface area (TPSA) is 20.7 Å². The summed E-state index contributed by atoms with van der Waals surface area (Å²) in [4.78, 5) is 2.85. The number of benzene rings is 2. The summed E-state index contributed by atoms with van der Waals surface area (Å²) < 4.78 is 29.9. The molecule has 3 aromatic rings. The van der Waals surface area contributed by atoms with E-state index in [1.54, 1.807) is 18.2 Å². The van der Waals surface area contributed by atoms with Crippen LogP contribution >= 0.6 is 39.7 Å². The number of halogens is 4. The van der Waals surface area contributed by atoms with E-state index >= 15 is 0 Å². The van der Waals surface area contributed by atoms with E-state index in [9.17, 15) is 8.78 Å². The Balaban J connectivity index is 2.48. The van der Waals surface area contributed by atoms with Crippen LogP contribution in [0, 0.1) is 16.4 Å². The summed E-state index contributed by atoms with van der Waals surface area (Å²) >= 11 is 14.5. The lowest BCUT2D eigenvalue weighted by Gasteiger charge is -2.08. The highest BCUT2D eigenvalue weighted by molar-refractivity contribution is 9.10. The van der Waals surface area contributed by atoms with Crippen molar-refractivity contribution in [3.05, 3.63) is 56.2 Å². The first-order valence-electron chi connectivity index (χ1n) is 5.53. The third kappa shape index (κ3) is 2.08. The lowest BCUT2D eigenvalue weighted by Crippen LogP contribution is -1.98. The Hall–Kier alpha value is -1.24. The van der Waals surface area contributed by atoms with Crippen molar-refractivity contribution in [2.75, 3.05) is 0 Å². The maximum absolute atomic E-state index is 14.1. The number of H-pyrrole nitrogens is 1. The number of nitrogens with zero attached hydrogens (tertiary/aromatic N) is 1. The van der Waals surface area contributed by atoms with Crippen LogP contribution in [0.1, 0.15) is 0 Å². The second-order valence-electron chi connectivity index (χ2n) is 4.12. The van der Waals surface area contributed by atoms with Crippen molar-refractivity contribution in [2.45, 2.75) is 0 Å². The predicted octanol–water partition coefficient (Wildman–Crippen LogP) is 5.38. The molecule has 0 fully saturated rings. The molecule has 0 saturated heterocycles. The number of rotatable bonds is 1. The van der Waals surface area contributed by atoms with Gasteiger partial charge in [0.25, 0.3) is 0 Å². The van der Waals surface area contributed by atoms with E-state index in [4.69, 9.17) is 23.8 Å². The molecule has 0 aliphatic carbocycles. The molecule has 0 unspecified atom stereocenters. The molecular weight excluding hydrogens is 370 g/mol. The Labute approximate surface area is 131 Å². The summed E-state index contributed by atoms with van der Waals surface area (Å²) in [6.07, 6.45) is 0. The average Bonchev–Trinajstić information content (AvgIpc) is 2.74. The minimum Gasteiger partial charge on any atom is -0.330 e. The van der Waals surface area contributed by atoms with Gasteiger partial charge >= 0.3 is 0 Å². The molecule has 1 N–H and O–H groups in total. The van der Waals surface area contributed by atoms with E-state index < -0.39 is 11.6 Å². The van der Waals surface area contributed by atoms with Gasteiger partial charge < -0.3 is 4.98 Å². The van der Waals surface area contributed by atoms with Crippen LogP contribution in [0.25, 0.3) is 16.7 Å². The van der Waals surface area contributed by atoms with E-state index in [1.165, 1.54) is 10.6 Å². The summed E-state index contributed by atoms with van der Waals surface area (Å²) in [6.45, 7) is 0.